The Bertz CT molecular complexity index is 366. The van der Waals surface area contributed by atoms with Crippen molar-refractivity contribution in [2.24, 2.45) is 5.41 Å². The Kier molecular flexibility index (Phi) is 5.31. The van der Waals surface area contributed by atoms with Gasteiger partial charge in [-0.2, -0.15) is 0 Å². The second kappa shape index (κ2) is 6.66. The zero-order chi connectivity index (χ0) is 15.5. The number of carbonyl (C=O) groups is 1. The van der Waals surface area contributed by atoms with E-state index in [1.54, 1.807) is 0 Å². The van der Waals surface area contributed by atoms with E-state index in [1.165, 1.54) is 39.5 Å². The largest absolute Gasteiger partial charge is 0.468 e. The van der Waals surface area contributed by atoms with Gasteiger partial charge in [0.05, 0.1) is 7.11 Å². The van der Waals surface area contributed by atoms with Crippen molar-refractivity contribution in [1.82, 2.24) is 10.2 Å². The van der Waals surface area contributed by atoms with E-state index in [2.05, 4.69) is 24.1 Å². The molecule has 0 bridgehead atoms. The molecular weight excluding hydrogens is 264 g/mol. The molecule has 0 radical (unpaired) electrons. The third kappa shape index (κ3) is 4.96. The van der Waals surface area contributed by atoms with Gasteiger partial charge in [0.25, 0.3) is 0 Å². The number of likely N-dealkylation sites (tertiary alicyclic amines) is 1. The SMILES string of the molecule is COC(=O)C(C)(CCCCN1CCC(C)(C)C1)NC1CC1. The van der Waals surface area contributed by atoms with Gasteiger partial charge in [-0.05, 0) is 64.0 Å². The van der Waals surface area contributed by atoms with Crippen LogP contribution in [0.1, 0.15) is 59.3 Å². The number of hydrogen-bond acceptors (Lipinski definition) is 4. The second-order valence-electron chi connectivity index (χ2n) is 7.89. The maximum Gasteiger partial charge on any atom is 0.325 e. The Balaban J connectivity index is 1.70. The molecule has 2 aliphatic rings. The average Bonchev–Trinajstić information content (AvgIpc) is 3.16. The summed E-state index contributed by atoms with van der Waals surface area (Å²) in [5.74, 6) is -0.114. The van der Waals surface area contributed by atoms with Gasteiger partial charge in [0.15, 0.2) is 0 Å². The number of nitrogens with one attached hydrogen (secondary N) is 1. The van der Waals surface area contributed by atoms with E-state index in [4.69, 9.17) is 4.74 Å². The van der Waals surface area contributed by atoms with Crippen molar-refractivity contribution >= 4 is 5.97 Å². The highest BCUT2D eigenvalue weighted by Gasteiger charge is 2.38. The molecule has 1 atom stereocenters. The molecule has 0 spiro atoms. The number of carbonyl (C=O) groups excluding carboxylic acids is 1. The topological polar surface area (TPSA) is 41.6 Å². The van der Waals surface area contributed by atoms with Crippen molar-refractivity contribution in [3.05, 3.63) is 0 Å². The fourth-order valence-corrected chi connectivity index (χ4v) is 3.37. The van der Waals surface area contributed by atoms with Crippen LogP contribution >= 0.6 is 0 Å². The molecule has 0 aromatic carbocycles. The van der Waals surface area contributed by atoms with Crippen LogP contribution in [0.4, 0.5) is 0 Å². The summed E-state index contributed by atoms with van der Waals surface area (Å²) >= 11 is 0. The minimum absolute atomic E-state index is 0.114. The molecular formula is C17H32N2O2. The zero-order valence-electron chi connectivity index (χ0n) is 14.2. The van der Waals surface area contributed by atoms with Crippen LogP contribution in [0.2, 0.25) is 0 Å². The molecule has 4 nitrogen and oxygen atoms in total. The predicted octanol–water partition coefficient (Wildman–Crippen LogP) is 2.57. The highest BCUT2D eigenvalue weighted by molar-refractivity contribution is 5.80. The van der Waals surface area contributed by atoms with Gasteiger partial charge < -0.3 is 9.64 Å². The third-order valence-corrected chi connectivity index (χ3v) is 4.89. The first-order chi connectivity index (χ1) is 9.85. The summed E-state index contributed by atoms with van der Waals surface area (Å²) in [7, 11) is 1.49. The highest BCUT2D eigenvalue weighted by Crippen LogP contribution is 2.29. The van der Waals surface area contributed by atoms with Crippen molar-refractivity contribution in [3.8, 4) is 0 Å². The van der Waals surface area contributed by atoms with E-state index in [1.807, 2.05) is 6.92 Å². The first kappa shape index (κ1) is 16.8. The summed E-state index contributed by atoms with van der Waals surface area (Å²) in [5, 5.41) is 3.47. The lowest BCUT2D eigenvalue weighted by Crippen LogP contribution is -2.51. The summed E-state index contributed by atoms with van der Waals surface area (Å²) < 4.78 is 4.99. The van der Waals surface area contributed by atoms with Crippen LogP contribution in [-0.2, 0) is 9.53 Å². The van der Waals surface area contributed by atoms with Crippen molar-refractivity contribution in [2.75, 3.05) is 26.7 Å². The Labute approximate surface area is 129 Å². The van der Waals surface area contributed by atoms with E-state index in [9.17, 15) is 4.79 Å². The molecule has 0 amide bonds. The fraction of sp³-hybridized carbons (Fsp3) is 0.941. The monoisotopic (exact) mass is 296 g/mol. The van der Waals surface area contributed by atoms with E-state index in [-0.39, 0.29) is 5.97 Å². The first-order valence-corrected chi connectivity index (χ1v) is 8.43. The molecule has 1 aliphatic heterocycles. The Morgan fingerprint density at radius 3 is 2.62 bits per heavy atom. The molecule has 4 heteroatoms. The molecule has 1 aliphatic carbocycles. The van der Waals surface area contributed by atoms with Crippen LogP contribution in [-0.4, -0.2) is 49.2 Å². The van der Waals surface area contributed by atoms with Gasteiger partial charge >= 0.3 is 5.97 Å². The number of nitrogens with zero attached hydrogens (tertiary/aromatic N) is 1. The van der Waals surface area contributed by atoms with Crippen molar-refractivity contribution in [2.45, 2.75) is 70.9 Å². The smallest absolute Gasteiger partial charge is 0.325 e. The van der Waals surface area contributed by atoms with Gasteiger partial charge in [-0.15, -0.1) is 0 Å². The Morgan fingerprint density at radius 1 is 1.38 bits per heavy atom. The lowest BCUT2D eigenvalue weighted by atomic mass is 9.93. The molecule has 2 rings (SSSR count). The minimum atomic E-state index is -0.500. The number of rotatable bonds is 8. The van der Waals surface area contributed by atoms with Crippen LogP contribution in [0.25, 0.3) is 0 Å². The number of unbranched alkanes of at least 4 members (excludes halogenated alkanes) is 1. The average molecular weight is 296 g/mol. The summed E-state index contributed by atoms with van der Waals surface area (Å²) in [5.41, 5.74) is -0.0196. The molecule has 0 aromatic heterocycles. The third-order valence-electron chi connectivity index (χ3n) is 4.89. The van der Waals surface area contributed by atoms with Gasteiger partial charge in [0, 0.05) is 12.6 Å². The summed E-state index contributed by atoms with van der Waals surface area (Å²) in [4.78, 5) is 14.6. The van der Waals surface area contributed by atoms with Crippen molar-refractivity contribution < 1.29 is 9.53 Å². The van der Waals surface area contributed by atoms with E-state index in [0.29, 0.717) is 11.5 Å². The highest BCUT2D eigenvalue weighted by atomic mass is 16.5. The minimum Gasteiger partial charge on any atom is -0.468 e. The molecule has 1 saturated heterocycles. The Morgan fingerprint density at radius 2 is 2.10 bits per heavy atom. The van der Waals surface area contributed by atoms with Gasteiger partial charge in [0.1, 0.15) is 5.54 Å². The van der Waals surface area contributed by atoms with Gasteiger partial charge in [0.2, 0.25) is 0 Å². The van der Waals surface area contributed by atoms with Crippen LogP contribution in [0.15, 0.2) is 0 Å². The Hall–Kier alpha value is -0.610. The standard InChI is InChI=1S/C17H32N2O2/c1-16(2)10-12-19(13-16)11-6-5-9-17(3,15(20)21-4)18-14-7-8-14/h14,18H,5-13H2,1-4H3. The number of esters is 1. The summed E-state index contributed by atoms with van der Waals surface area (Å²) in [6.45, 7) is 10.3. The van der Waals surface area contributed by atoms with Crippen LogP contribution in [0, 0.1) is 5.41 Å². The lowest BCUT2D eigenvalue weighted by molar-refractivity contribution is -0.148. The molecule has 2 fully saturated rings. The summed E-state index contributed by atoms with van der Waals surface area (Å²) in [6.07, 6.45) is 6.78. The lowest BCUT2D eigenvalue weighted by Gasteiger charge is -2.28. The van der Waals surface area contributed by atoms with Gasteiger partial charge in [-0.1, -0.05) is 13.8 Å². The second-order valence-corrected chi connectivity index (χ2v) is 7.89. The number of hydrogen-bond donors (Lipinski definition) is 1. The fourth-order valence-electron chi connectivity index (χ4n) is 3.37. The molecule has 21 heavy (non-hydrogen) atoms. The molecule has 1 heterocycles. The van der Waals surface area contributed by atoms with E-state index < -0.39 is 5.54 Å². The van der Waals surface area contributed by atoms with Gasteiger partial charge in [-0.3, -0.25) is 10.1 Å². The van der Waals surface area contributed by atoms with Crippen LogP contribution in [0.3, 0.4) is 0 Å². The quantitative estimate of drug-likeness (QED) is 0.552. The van der Waals surface area contributed by atoms with Crippen molar-refractivity contribution in [3.63, 3.8) is 0 Å². The molecule has 0 aromatic rings. The predicted molar refractivity (Wildman–Crippen MR) is 85.3 cm³/mol. The van der Waals surface area contributed by atoms with Gasteiger partial charge in [-0.25, -0.2) is 0 Å². The normalized spacial score (nSPS) is 24.8. The van der Waals surface area contributed by atoms with Crippen LogP contribution in [0.5, 0.6) is 0 Å². The number of ether oxygens (including phenoxy) is 1. The molecule has 1 unspecified atom stereocenters. The van der Waals surface area contributed by atoms with Crippen molar-refractivity contribution in [1.29, 1.82) is 0 Å². The van der Waals surface area contributed by atoms with E-state index >= 15 is 0 Å². The maximum absolute atomic E-state index is 12.0. The number of methoxy groups -OCH3 is 1. The van der Waals surface area contributed by atoms with Crippen LogP contribution < -0.4 is 5.32 Å². The summed E-state index contributed by atoms with van der Waals surface area (Å²) in [6, 6.07) is 0.522. The molecule has 122 valence electrons. The zero-order valence-corrected chi connectivity index (χ0v) is 14.2. The molecule has 1 saturated carbocycles. The molecule has 1 N–H and O–H groups in total. The van der Waals surface area contributed by atoms with E-state index in [0.717, 1.165) is 25.8 Å². The first-order valence-electron chi connectivity index (χ1n) is 8.43. The maximum atomic E-state index is 12.0.